The number of methoxy groups -OCH3 is 1. The Morgan fingerprint density at radius 2 is 1.78 bits per heavy atom. The summed E-state index contributed by atoms with van der Waals surface area (Å²) in [5.74, 6) is 2.64. The van der Waals surface area contributed by atoms with Crippen LogP contribution in [0.4, 0.5) is 0 Å². The van der Waals surface area contributed by atoms with E-state index in [1.807, 2.05) is 80.6 Å². The molecule has 0 aliphatic rings. The molecule has 0 fully saturated rings. The molecule has 1 aromatic heterocycles. The Labute approximate surface area is 274 Å². The van der Waals surface area contributed by atoms with Crippen molar-refractivity contribution in [2.75, 3.05) is 13.7 Å². The van der Waals surface area contributed by atoms with Gasteiger partial charge in [0.2, 0.25) is 0 Å². The summed E-state index contributed by atoms with van der Waals surface area (Å²) in [6, 6.07) is 22.7. The number of ether oxygens (including phenoxy) is 3. The molecule has 8 heteroatoms. The van der Waals surface area contributed by atoms with Gasteiger partial charge in [0, 0.05) is 16.1 Å². The molecule has 0 saturated heterocycles. The largest absolute Gasteiger partial charge is 0.494 e. The summed E-state index contributed by atoms with van der Waals surface area (Å²) in [5.41, 5.74) is 5.68. The van der Waals surface area contributed by atoms with E-state index in [1.165, 1.54) is 4.68 Å². The fourth-order valence-electron chi connectivity index (χ4n) is 5.32. The van der Waals surface area contributed by atoms with Crippen molar-refractivity contribution in [2.24, 2.45) is 5.10 Å². The second kappa shape index (κ2) is 14.5. The number of hydrogen-bond acceptors (Lipinski definition) is 6. The minimum absolute atomic E-state index is 0.196. The lowest BCUT2D eigenvalue weighted by molar-refractivity contribution is 0.282. The number of fused-ring (bicyclic) bond motifs is 1. The molecule has 0 unspecified atom stereocenters. The van der Waals surface area contributed by atoms with E-state index < -0.39 is 0 Å². The van der Waals surface area contributed by atoms with Crippen LogP contribution >= 0.6 is 11.6 Å². The normalized spacial score (nSPS) is 11.4. The molecule has 0 spiro atoms. The molecule has 7 nitrogen and oxygen atoms in total. The van der Waals surface area contributed by atoms with Gasteiger partial charge >= 0.3 is 0 Å². The number of para-hydroxylation sites is 1. The first kappa shape index (κ1) is 32.5. The van der Waals surface area contributed by atoms with E-state index in [0.29, 0.717) is 52.9 Å². The van der Waals surface area contributed by atoms with E-state index in [-0.39, 0.29) is 11.5 Å². The Morgan fingerprint density at radius 3 is 2.48 bits per heavy atom. The van der Waals surface area contributed by atoms with Crippen LogP contribution in [-0.2, 0) is 13.0 Å². The molecular weight excluding hydrogens is 598 g/mol. The van der Waals surface area contributed by atoms with Gasteiger partial charge in [0.25, 0.3) is 5.56 Å². The molecule has 0 atom stereocenters. The summed E-state index contributed by atoms with van der Waals surface area (Å²) in [4.78, 5) is 18.9. The van der Waals surface area contributed by atoms with Gasteiger partial charge in [0.15, 0.2) is 17.3 Å². The molecule has 0 aliphatic carbocycles. The first-order chi connectivity index (χ1) is 22.2. The zero-order chi connectivity index (χ0) is 32.8. The molecule has 5 rings (SSSR count). The summed E-state index contributed by atoms with van der Waals surface area (Å²) < 4.78 is 19.3. The topological polar surface area (TPSA) is 74.9 Å². The lowest BCUT2D eigenvalue weighted by Crippen LogP contribution is -2.21. The smallest absolute Gasteiger partial charge is 0.282 e. The van der Waals surface area contributed by atoms with Crippen molar-refractivity contribution in [3.8, 4) is 28.6 Å². The number of nitrogens with zero attached hydrogens (tertiary/aromatic N) is 3. The van der Waals surface area contributed by atoms with Crippen LogP contribution in [0.2, 0.25) is 5.02 Å². The molecular formula is C38H38ClN3O4. The second-order valence-corrected chi connectivity index (χ2v) is 11.7. The Kier molecular flexibility index (Phi) is 10.2. The Morgan fingerprint density at radius 1 is 1.02 bits per heavy atom. The van der Waals surface area contributed by atoms with Gasteiger partial charge in [-0.05, 0) is 97.0 Å². The summed E-state index contributed by atoms with van der Waals surface area (Å²) in [7, 11) is 1.60. The van der Waals surface area contributed by atoms with Crippen molar-refractivity contribution >= 4 is 28.7 Å². The van der Waals surface area contributed by atoms with Crippen molar-refractivity contribution in [3.05, 3.63) is 129 Å². The van der Waals surface area contributed by atoms with Crippen LogP contribution in [0.5, 0.6) is 17.2 Å². The summed E-state index contributed by atoms with van der Waals surface area (Å²) in [5, 5.41) is 5.88. The zero-order valence-corrected chi connectivity index (χ0v) is 27.6. The van der Waals surface area contributed by atoms with Gasteiger partial charge in [-0.3, -0.25) is 4.79 Å². The highest BCUT2D eigenvalue weighted by atomic mass is 35.5. The maximum atomic E-state index is 13.9. The fourth-order valence-corrected chi connectivity index (χ4v) is 5.44. The van der Waals surface area contributed by atoms with Crippen LogP contribution in [-0.4, -0.2) is 29.6 Å². The van der Waals surface area contributed by atoms with Gasteiger partial charge in [0.05, 0.1) is 30.8 Å². The van der Waals surface area contributed by atoms with Crippen LogP contribution in [0.1, 0.15) is 54.5 Å². The van der Waals surface area contributed by atoms with Crippen LogP contribution in [0.15, 0.2) is 95.3 Å². The highest BCUT2D eigenvalue weighted by Crippen LogP contribution is 2.36. The van der Waals surface area contributed by atoms with Gasteiger partial charge in [-0.25, -0.2) is 4.98 Å². The van der Waals surface area contributed by atoms with E-state index >= 15 is 0 Å². The number of halogens is 1. The minimum Gasteiger partial charge on any atom is -0.494 e. The molecule has 5 aromatic rings. The number of hydrogen-bond donors (Lipinski definition) is 0. The van der Waals surface area contributed by atoms with E-state index in [2.05, 4.69) is 26.5 Å². The molecule has 0 saturated carbocycles. The standard InChI is InChI=1S/C38H38ClN3O4/c1-7-11-28-19-27(20-35(44-6)36(28)46-23-26-14-16-29(39)17-15-26)22-40-42-37(41-33-13-10-9-12-30(33)38(42)43)32-21-31(24(3)4)34(45-8-2)18-25(32)5/h7,9-10,12-22,24H,1,8,11,23H2,2-6H3. The Balaban J connectivity index is 1.62. The summed E-state index contributed by atoms with van der Waals surface area (Å²) in [6.07, 6.45) is 3.99. The van der Waals surface area contributed by atoms with Gasteiger partial charge in [-0.2, -0.15) is 9.78 Å². The molecule has 236 valence electrons. The van der Waals surface area contributed by atoms with E-state index in [0.717, 1.165) is 39.1 Å². The quantitative estimate of drug-likeness (QED) is 0.101. The van der Waals surface area contributed by atoms with E-state index in [4.69, 9.17) is 35.9 Å². The van der Waals surface area contributed by atoms with Crippen molar-refractivity contribution in [1.29, 1.82) is 0 Å². The predicted molar refractivity (Wildman–Crippen MR) is 187 cm³/mol. The van der Waals surface area contributed by atoms with Crippen LogP contribution in [0.25, 0.3) is 22.3 Å². The number of aryl methyl sites for hydroxylation is 1. The molecule has 0 aliphatic heterocycles. The molecule has 0 radical (unpaired) electrons. The number of allylic oxidation sites excluding steroid dienone is 1. The van der Waals surface area contributed by atoms with Crippen molar-refractivity contribution in [1.82, 2.24) is 9.66 Å². The first-order valence-electron chi connectivity index (χ1n) is 15.3. The lowest BCUT2D eigenvalue weighted by Gasteiger charge is -2.18. The molecule has 0 bridgehead atoms. The highest BCUT2D eigenvalue weighted by molar-refractivity contribution is 6.30. The maximum Gasteiger partial charge on any atom is 0.282 e. The molecule has 0 amide bonds. The summed E-state index contributed by atoms with van der Waals surface area (Å²) >= 11 is 6.05. The fraction of sp³-hybridized carbons (Fsp3) is 0.237. The summed E-state index contributed by atoms with van der Waals surface area (Å²) in [6.45, 7) is 13.0. The van der Waals surface area contributed by atoms with E-state index in [1.54, 1.807) is 19.4 Å². The Bertz CT molecular complexity index is 1960. The number of benzene rings is 4. The molecule has 46 heavy (non-hydrogen) atoms. The van der Waals surface area contributed by atoms with Gasteiger partial charge in [0.1, 0.15) is 12.4 Å². The third kappa shape index (κ3) is 7.00. The zero-order valence-electron chi connectivity index (χ0n) is 26.8. The monoisotopic (exact) mass is 635 g/mol. The Hall–Kier alpha value is -4.88. The lowest BCUT2D eigenvalue weighted by atomic mass is 9.96. The second-order valence-electron chi connectivity index (χ2n) is 11.2. The van der Waals surface area contributed by atoms with Crippen molar-refractivity contribution in [2.45, 2.75) is 46.6 Å². The SMILES string of the molecule is C=CCc1cc(C=Nn2c(-c3cc(C(C)C)c(OCC)cc3C)nc3ccccc3c2=O)cc(OC)c1OCc1ccc(Cl)cc1. The number of rotatable bonds is 12. The average molecular weight is 636 g/mol. The molecule has 1 heterocycles. The molecule has 0 N–H and O–H groups in total. The predicted octanol–water partition coefficient (Wildman–Crippen LogP) is 8.75. The minimum atomic E-state index is -0.266. The van der Waals surface area contributed by atoms with Gasteiger partial charge < -0.3 is 14.2 Å². The average Bonchev–Trinajstić information content (AvgIpc) is 3.04. The molecule has 4 aromatic carbocycles. The number of aromatic nitrogens is 2. The first-order valence-corrected chi connectivity index (χ1v) is 15.6. The van der Waals surface area contributed by atoms with Crippen molar-refractivity contribution < 1.29 is 14.2 Å². The third-order valence-electron chi connectivity index (χ3n) is 7.63. The highest BCUT2D eigenvalue weighted by Gasteiger charge is 2.19. The third-order valence-corrected chi connectivity index (χ3v) is 7.88. The van der Waals surface area contributed by atoms with Gasteiger partial charge in [-0.1, -0.05) is 55.8 Å². The van der Waals surface area contributed by atoms with Crippen LogP contribution in [0, 0.1) is 6.92 Å². The van der Waals surface area contributed by atoms with Crippen LogP contribution in [0.3, 0.4) is 0 Å². The van der Waals surface area contributed by atoms with E-state index in [9.17, 15) is 4.79 Å². The maximum absolute atomic E-state index is 13.9. The van der Waals surface area contributed by atoms with Crippen LogP contribution < -0.4 is 19.8 Å². The van der Waals surface area contributed by atoms with Gasteiger partial charge in [-0.15, -0.1) is 6.58 Å². The van der Waals surface area contributed by atoms with Crippen molar-refractivity contribution in [3.63, 3.8) is 0 Å².